The molecular formula is C22H30N4O3. The molecule has 2 atom stereocenters. The van der Waals surface area contributed by atoms with E-state index in [9.17, 15) is 9.90 Å². The van der Waals surface area contributed by atoms with Crippen molar-refractivity contribution in [1.29, 1.82) is 0 Å². The van der Waals surface area contributed by atoms with Crippen molar-refractivity contribution in [3.8, 4) is 5.75 Å². The highest BCUT2D eigenvalue weighted by Crippen LogP contribution is 2.23. The first-order chi connectivity index (χ1) is 14.1. The molecule has 0 amide bonds. The number of ether oxygens (including phenoxy) is 1. The Kier molecular flexibility index (Phi) is 7.55. The smallest absolute Gasteiger partial charge is 0.162 e. The second-order valence-corrected chi connectivity index (χ2v) is 7.56. The predicted octanol–water partition coefficient (Wildman–Crippen LogP) is 2.41. The van der Waals surface area contributed by atoms with Crippen molar-refractivity contribution in [3.63, 3.8) is 0 Å². The van der Waals surface area contributed by atoms with Gasteiger partial charge in [0.1, 0.15) is 18.5 Å². The minimum Gasteiger partial charge on any atom is -0.491 e. The second-order valence-electron chi connectivity index (χ2n) is 7.56. The molecule has 0 bridgehead atoms. The van der Waals surface area contributed by atoms with Gasteiger partial charge in [-0.2, -0.15) is 5.10 Å². The van der Waals surface area contributed by atoms with Crippen LogP contribution in [0.4, 0.5) is 5.82 Å². The fourth-order valence-corrected chi connectivity index (χ4v) is 3.75. The van der Waals surface area contributed by atoms with Crippen molar-refractivity contribution >= 4 is 11.6 Å². The zero-order chi connectivity index (χ0) is 20.6. The largest absolute Gasteiger partial charge is 0.491 e. The first-order valence-electron chi connectivity index (χ1n) is 10.2. The molecule has 1 saturated heterocycles. The van der Waals surface area contributed by atoms with Crippen molar-refractivity contribution in [2.24, 2.45) is 0 Å². The molecule has 0 radical (unpaired) electrons. The molecule has 2 unspecified atom stereocenters. The van der Waals surface area contributed by atoms with E-state index in [1.165, 1.54) is 0 Å². The first kappa shape index (κ1) is 21.2. The molecule has 0 aliphatic carbocycles. The van der Waals surface area contributed by atoms with Crippen LogP contribution in [0.15, 0.2) is 42.6 Å². The number of rotatable bonds is 10. The van der Waals surface area contributed by atoms with Crippen molar-refractivity contribution < 1.29 is 14.6 Å². The molecule has 0 spiro atoms. The maximum atomic E-state index is 11.7. The number of anilines is 1. The molecule has 0 saturated carbocycles. The molecule has 1 fully saturated rings. The molecule has 2 heterocycles. The number of aliphatic hydroxyl groups is 1. The van der Waals surface area contributed by atoms with Crippen LogP contribution in [0.3, 0.4) is 0 Å². The van der Waals surface area contributed by atoms with Crippen LogP contribution in [0.1, 0.15) is 36.5 Å². The number of carbonyl (C=O) groups is 1. The summed E-state index contributed by atoms with van der Waals surface area (Å²) < 4.78 is 5.68. The Morgan fingerprint density at radius 3 is 2.83 bits per heavy atom. The van der Waals surface area contributed by atoms with Crippen LogP contribution in [-0.2, 0) is 0 Å². The Labute approximate surface area is 172 Å². The highest BCUT2D eigenvalue weighted by molar-refractivity contribution is 5.95. The van der Waals surface area contributed by atoms with Gasteiger partial charge in [-0.15, -0.1) is 5.10 Å². The third-order valence-corrected chi connectivity index (χ3v) is 5.21. The average molecular weight is 399 g/mol. The van der Waals surface area contributed by atoms with E-state index < -0.39 is 6.10 Å². The van der Waals surface area contributed by atoms with Gasteiger partial charge in [0.2, 0.25) is 0 Å². The van der Waals surface area contributed by atoms with Gasteiger partial charge in [0.05, 0.1) is 0 Å². The van der Waals surface area contributed by atoms with Crippen LogP contribution < -0.4 is 9.64 Å². The van der Waals surface area contributed by atoms with Gasteiger partial charge >= 0.3 is 0 Å². The zero-order valence-electron chi connectivity index (χ0n) is 17.2. The van der Waals surface area contributed by atoms with E-state index in [0.717, 1.165) is 31.7 Å². The summed E-state index contributed by atoms with van der Waals surface area (Å²) in [5.74, 6) is 1.68. The van der Waals surface area contributed by atoms with E-state index >= 15 is 0 Å². The number of ketones is 1. The quantitative estimate of drug-likeness (QED) is 0.616. The number of carbonyl (C=O) groups excluding carboxylic acids is 1. The van der Waals surface area contributed by atoms with E-state index in [4.69, 9.17) is 4.74 Å². The lowest BCUT2D eigenvalue weighted by Gasteiger charge is -2.30. The lowest BCUT2D eigenvalue weighted by Crippen LogP contribution is -2.42. The molecule has 7 heteroatoms. The molecule has 3 rings (SSSR count). The fourth-order valence-electron chi connectivity index (χ4n) is 3.75. The average Bonchev–Trinajstić information content (AvgIpc) is 3.20. The van der Waals surface area contributed by atoms with E-state index in [1.807, 2.05) is 26.1 Å². The third-order valence-electron chi connectivity index (χ3n) is 5.21. The Balaban J connectivity index is 1.44. The van der Waals surface area contributed by atoms with E-state index in [2.05, 4.69) is 20.0 Å². The molecule has 2 aromatic rings. The summed E-state index contributed by atoms with van der Waals surface area (Å²) >= 11 is 0. The normalized spacial score (nSPS) is 17.5. The molecule has 1 aromatic heterocycles. The van der Waals surface area contributed by atoms with Crippen molar-refractivity contribution in [1.82, 2.24) is 15.1 Å². The Bertz CT molecular complexity index is 769. The Hall–Kier alpha value is -2.51. The molecule has 1 N–H and O–H groups in total. The second kappa shape index (κ2) is 10.3. The van der Waals surface area contributed by atoms with Crippen molar-refractivity contribution in [2.45, 2.75) is 38.3 Å². The summed E-state index contributed by atoms with van der Waals surface area (Å²) in [6, 6.07) is 11.4. The topological polar surface area (TPSA) is 78.8 Å². The lowest BCUT2D eigenvalue weighted by molar-refractivity contribution is 0.0748. The SMILES string of the molecule is CCC(=O)c1ccc(OCC(O)CN(C)CC2CCCN2c2cccnn2)cc1. The monoisotopic (exact) mass is 398 g/mol. The van der Waals surface area contributed by atoms with Gasteiger partial charge in [-0.25, -0.2) is 0 Å². The number of benzene rings is 1. The molecule has 1 aliphatic rings. The number of Topliss-reactive ketones (excluding diaryl/α,β-unsaturated/α-hetero) is 1. The molecule has 1 aliphatic heterocycles. The van der Waals surface area contributed by atoms with Gasteiger partial charge in [0, 0.05) is 43.9 Å². The van der Waals surface area contributed by atoms with Crippen LogP contribution in [0.2, 0.25) is 0 Å². The van der Waals surface area contributed by atoms with E-state index in [-0.39, 0.29) is 12.4 Å². The van der Waals surface area contributed by atoms with Gasteiger partial charge in [0.25, 0.3) is 0 Å². The molecule has 7 nitrogen and oxygen atoms in total. The van der Waals surface area contributed by atoms with Crippen molar-refractivity contribution in [2.75, 3.05) is 38.2 Å². The van der Waals surface area contributed by atoms with Crippen LogP contribution in [0, 0.1) is 0 Å². The van der Waals surface area contributed by atoms with Gasteiger partial charge in [-0.05, 0) is 56.3 Å². The van der Waals surface area contributed by atoms with Crippen LogP contribution in [0.5, 0.6) is 5.75 Å². The van der Waals surface area contributed by atoms with Gasteiger partial charge < -0.3 is 19.6 Å². The van der Waals surface area contributed by atoms with Gasteiger partial charge in [0.15, 0.2) is 11.6 Å². The molecular weight excluding hydrogens is 368 g/mol. The summed E-state index contributed by atoms with van der Waals surface area (Å²) in [6.45, 7) is 4.42. The number of aromatic nitrogens is 2. The van der Waals surface area contributed by atoms with Crippen LogP contribution in [-0.4, -0.2) is 71.4 Å². The highest BCUT2D eigenvalue weighted by Gasteiger charge is 2.27. The number of hydrogen-bond acceptors (Lipinski definition) is 7. The van der Waals surface area contributed by atoms with E-state index in [0.29, 0.717) is 30.3 Å². The highest BCUT2D eigenvalue weighted by atomic mass is 16.5. The number of likely N-dealkylation sites (N-methyl/N-ethyl adjacent to an activating group) is 1. The Morgan fingerprint density at radius 1 is 1.34 bits per heavy atom. The third kappa shape index (κ3) is 5.98. The summed E-state index contributed by atoms with van der Waals surface area (Å²) in [5.41, 5.74) is 0.685. The van der Waals surface area contributed by atoms with Crippen LogP contribution in [0.25, 0.3) is 0 Å². The van der Waals surface area contributed by atoms with Crippen molar-refractivity contribution in [3.05, 3.63) is 48.2 Å². The minimum atomic E-state index is -0.594. The molecule has 1 aromatic carbocycles. The predicted molar refractivity (Wildman–Crippen MR) is 112 cm³/mol. The summed E-state index contributed by atoms with van der Waals surface area (Å²) in [4.78, 5) is 16.1. The molecule has 156 valence electrons. The molecule has 29 heavy (non-hydrogen) atoms. The summed E-state index contributed by atoms with van der Waals surface area (Å²) in [7, 11) is 2.02. The zero-order valence-corrected chi connectivity index (χ0v) is 17.2. The Morgan fingerprint density at radius 2 is 2.14 bits per heavy atom. The van der Waals surface area contributed by atoms with E-state index in [1.54, 1.807) is 30.5 Å². The maximum absolute atomic E-state index is 11.7. The van der Waals surface area contributed by atoms with Crippen LogP contribution >= 0.6 is 0 Å². The summed E-state index contributed by atoms with van der Waals surface area (Å²) in [5, 5.41) is 18.6. The maximum Gasteiger partial charge on any atom is 0.162 e. The standard InChI is InChI=1S/C22H30N4O3/c1-3-21(28)17-8-10-20(11-9-17)29-16-19(27)15-25(2)14-18-6-5-13-26(18)22-7-4-12-23-24-22/h4,7-12,18-19,27H,3,5-6,13-16H2,1-2H3. The number of aliphatic hydroxyl groups excluding tert-OH is 1. The van der Waals surface area contributed by atoms with Gasteiger partial charge in [-0.3, -0.25) is 4.79 Å². The minimum absolute atomic E-state index is 0.112. The number of hydrogen-bond donors (Lipinski definition) is 1. The summed E-state index contributed by atoms with van der Waals surface area (Å²) in [6.07, 6.45) is 3.82. The first-order valence-corrected chi connectivity index (χ1v) is 10.2. The fraction of sp³-hybridized carbons (Fsp3) is 0.500. The number of nitrogens with zero attached hydrogens (tertiary/aromatic N) is 4. The van der Waals surface area contributed by atoms with Gasteiger partial charge in [-0.1, -0.05) is 6.92 Å². The lowest BCUT2D eigenvalue weighted by atomic mass is 10.1.